The maximum absolute atomic E-state index is 11.5. The molecule has 1 N–H and O–H groups in total. The molecule has 1 aliphatic rings. The summed E-state index contributed by atoms with van der Waals surface area (Å²) < 4.78 is 5.81. The predicted octanol–water partition coefficient (Wildman–Crippen LogP) is 1.15. The van der Waals surface area contributed by atoms with Gasteiger partial charge in [-0.2, -0.15) is 0 Å². The van der Waals surface area contributed by atoms with E-state index in [-0.39, 0.29) is 12.5 Å². The SMILES string of the molecule is CC(=O)N1CCOC(CO)(Cc2ccccc2C)C1. The molecule has 1 unspecified atom stereocenters. The number of carbonyl (C=O) groups excluding carboxylic acids is 1. The van der Waals surface area contributed by atoms with Crippen LogP contribution in [0.15, 0.2) is 24.3 Å². The zero-order chi connectivity index (χ0) is 13.9. The van der Waals surface area contributed by atoms with Crippen molar-refractivity contribution in [3.8, 4) is 0 Å². The van der Waals surface area contributed by atoms with E-state index in [1.807, 2.05) is 31.2 Å². The minimum atomic E-state index is -0.671. The van der Waals surface area contributed by atoms with Gasteiger partial charge >= 0.3 is 0 Å². The third kappa shape index (κ3) is 3.14. The smallest absolute Gasteiger partial charge is 0.219 e. The Morgan fingerprint density at radius 2 is 2.21 bits per heavy atom. The average molecular weight is 263 g/mol. The molecule has 0 spiro atoms. The molecule has 19 heavy (non-hydrogen) atoms. The molecule has 2 rings (SSSR count). The summed E-state index contributed by atoms with van der Waals surface area (Å²) in [6, 6.07) is 8.07. The molecular formula is C15H21NO3. The molecule has 1 saturated heterocycles. The van der Waals surface area contributed by atoms with Crippen LogP contribution < -0.4 is 0 Å². The van der Waals surface area contributed by atoms with Crippen LogP contribution in [-0.2, 0) is 16.0 Å². The minimum absolute atomic E-state index is 0.0332. The number of benzene rings is 1. The van der Waals surface area contributed by atoms with Crippen LogP contribution in [0.3, 0.4) is 0 Å². The van der Waals surface area contributed by atoms with Crippen molar-refractivity contribution in [1.82, 2.24) is 4.90 Å². The van der Waals surface area contributed by atoms with Crippen LogP contribution >= 0.6 is 0 Å². The Balaban J connectivity index is 2.18. The van der Waals surface area contributed by atoms with E-state index in [2.05, 4.69) is 0 Å². The quantitative estimate of drug-likeness (QED) is 0.890. The summed E-state index contributed by atoms with van der Waals surface area (Å²) in [6.07, 6.45) is 0.625. The highest BCUT2D eigenvalue weighted by atomic mass is 16.5. The molecule has 0 aromatic heterocycles. The molecule has 0 aliphatic carbocycles. The number of hydrogen-bond donors (Lipinski definition) is 1. The van der Waals surface area contributed by atoms with E-state index in [0.29, 0.717) is 26.1 Å². The van der Waals surface area contributed by atoms with Crippen LogP contribution in [0.5, 0.6) is 0 Å². The fourth-order valence-electron chi connectivity index (χ4n) is 2.53. The first-order valence-electron chi connectivity index (χ1n) is 6.61. The lowest BCUT2D eigenvalue weighted by molar-refractivity contribution is -0.156. The van der Waals surface area contributed by atoms with Gasteiger partial charge in [-0.25, -0.2) is 0 Å². The highest BCUT2D eigenvalue weighted by Crippen LogP contribution is 2.24. The lowest BCUT2D eigenvalue weighted by atomic mass is 9.91. The molecule has 1 heterocycles. The van der Waals surface area contributed by atoms with Crippen LogP contribution in [0.2, 0.25) is 0 Å². The Hall–Kier alpha value is -1.39. The number of rotatable bonds is 3. The third-order valence-electron chi connectivity index (χ3n) is 3.76. The number of carbonyl (C=O) groups is 1. The van der Waals surface area contributed by atoms with Crippen LogP contribution in [0.4, 0.5) is 0 Å². The number of ether oxygens (including phenoxy) is 1. The monoisotopic (exact) mass is 263 g/mol. The van der Waals surface area contributed by atoms with Crippen molar-refractivity contribution in [1.29, 1.82) is 0 Å². The molecule has 1 amide bonds. The Kier molecular flexibility index (Phi) is 4.22. The second kappa shape index (κ2) is 5.72. The van der Waals surface area contributed by atoms with Crippen molar-refractivity contribution in [2.24, 2.45) is 0 Å². The number of amides is 1. The zero-order valence-electron chi connectivity index (χ0n) is 11.6. The first-order valence-corrected chi connectivity index (χ1v) is 6.61. The molecule has 1 aliphatic heterocycles. The van der Waals surface area contributed by atoms with Gasteiger partial charge in [0.25, 0.3) is 0 Å². The zero-order valence-corrected chi connectivity index (χ0v) is 11.6. The van der Waals surface area contributed by atoms with E-state index < -0.39 is 5.60 Å². The standard InChI is InChI=1S/C15H21NO3/c1-12-5-3-4-6-14(12)9-15(11-17)10-16(13(2)18)7-8-19-15/h3-6,17H,7-11H2,1-2H3. The van der Waals surface area contributed by atoms with E-state index >= 15 is 0 Å². The van der Waals surface area contributed by atoms with E-state index in [9.17, 15) is 9.90 Å². The van der Waals surface area contributed by atoms with Gasteiger partial charge in [-0.3, -0.25) is 4.79 Å². The normalized spacial score (nSPS) is 23.4. The molecule has 1 atom stereocenters. The van der Waals surface area contributed by atoms with Gasteiger partial charge in [0.05, 0.1) is 19.8 Å². The number of aryl methyl sites for hydroxylation is 1. The van der Waals surface area contributed by atoms with Crippen molar-refractivity contribution in [2.45, 2.75) is 25.9 Å². The van der Waals surface area contributed by atoms with Gasteiger partial charge in [0.15, 0.2) is 0 Å². The summed E-state index contributed by atoms with van der Waals surface area (Å²) in [7, 11) is 0. The highest BCUT2D eigenvalue weighted by molar-refractivity contribution is 5.73. The molecule has 0 bridgehead atoms. The summed E-state index contributed by atoms with van der Waals surface area (Å²) in [6.45, 7) is 5.06. The lowest BCUT2D eigenvalue weighted by Crippen LogP contribution is -2.56. The summed E-state index contributed by atoms with van der Waals surface area (Å²) in [5, 5.41) is 9.73. The number of aliphatic hydroxyl groups is 1. The van der Waals surface area contributed by atoms with Crippen LogP contribution in [0.25, 0.3) is 0 Å². The van der Waals surface area contributed by atoms with E-state index in [4.69, 9.17) is 4.74 Å². The van der Waals surface area contributed by atoms with E-state index in [0.717, 1.165) is 5.56 Å². The highest BCUT2D eigenvalue weighted by Gasteiger charge is 2.37. The third-order valence-corrected chi connectivity index (χ3v) is 3.76. The maximum atomic E-state index is 11.5. The van der Waals surface area contributed by atoms with E-state index in [1.54, 1.807) is 11.8 Å². The number of morpholine rings is 1. The van der Waals surface area contributed by atoms with Gasteiger partial charge in [0, 0.05) is 19.9 Å². The predicted molar refractivity (Wildman–Crippen MR) is 72.9 cm³/mol. The second-order valence-electron chi connectivity index (χ2n) is 5.23. The van der Waals surface area contributed by atoms with Gasteiger partial charge in [0.1, 0.15) is 5.60 Å². The molecule has 104 valence electrons. The van der Waals surface area contributed by atoms with E-state index in [1.165, 1.54) is 5.56 Å². The Morgan fingerprint density at radius 3 is 2.84 bits per heavy atom. The largest absolute Gasteiger partial charge is 0.393 e. The molecular weight excluding hydrogens is 242 g/mol. The van der Waals surface area contributed by atoms with Gasteiger partial charge in [-0.1, -0.05) is 24.3 Å². The van der Waals surface area contributed by atoms with Crippen molar-refractivity contribution in [2.75, 3.05) is 26.3 Å². The molecule has 1 aromatic carbocycles. The molecule has 0 saturated carbocycles. The Morgan fingerprint density at radius 1 is 1.47 bits per heavy atom. The summed E-state index contributed by atoms with van der Waals surface area (Å²) in [5.74, 6) is 0.0332. The molecule has 0 radical (unpaired) electrons. The van der Waals surface area contributed by atoms with Crippen molar-refractivity contribution in [3.05, 3.63) is 35.4 Å². The van der Waals surface area contributed by atoms with Crippen molar-refractivity contribution in [3.63, 3.8) is 0 Å². The van der Waals surface area contributed by atoms with Gasteiger partial charge in [-0.15, -0.1) is 0 Å². The first kappa shape index (κ1) is 14.0. The van der Waals surface area contributed by atoms with Crippen LogP contribution in [0.1, 0.15) is 18.1 Å². The molecule has 1 aromatic rings. The number of nitrogens with zero attached hydrogens (tertiary/aromatic N) is 1. The molecule has 1 fully saturated rings. The second-order valence-corrected chi connectivity index (χ2v) is 5.23. The van der Waals surface area contributed by atoms with Crippen LogP contribution in [-0.4, -0.2) is 47.8 Å². The van der Waals surface area contributed by atoms with Crippen molar-refractivity contribution >= 4 is 5.91 Å². The first-order chi connectivity index (χ1) is 9.06. The summed E-state index contributed by atoms with van der Waals surface area (Å²) in [4.78, 5) is 13.3. The topological polar surface area (TPSA) is 49.8 Å². The molecule has 4 nitrogen and oxygen atoms in total. The van der Waals surface area contributed by atoms with Gasteiger partial charge in [0.2, 0.25) is 5.91 Å². The molecule has 4 heteroatoms. The minimum Gasteiger partial charge on any atom is -0.393 e. The van der Waals surface area contributed by atoms with Crippen LogP contribution in [0, 0.1) is 6.92 Å². The lowest BCUT2D eigenvalue weighted by Gasteiger charge is -2.41. The number of aliphatic hydroxyl groups excluding tert-OH is 1. The average Bonchev–Trinajstić information content (AvgIpc) is 2.42. The maximum Gasteiger partial charge on any atom is 0.219 e. The Labute approximate surface area is 114 Å². The number of hydrogen-bond acceptors (Lipinski definition) is 3. The summed E-state index contributed by atoms with van der Waals surface area (Å²) in [5.41, 5.74) is 1.66. The Bertz CT molecular complexity index is 460. The fourth-order valence-corrected chi connectivity index (χ4v) is 2.53. The van der Waals surface area contributed by atoms with Crippen molar-refractivity contribution < 1.29 is 14.6 Å². The van der Waals surface area contributed by atoms with Gasteiger partial charge < -0.3 is 14.7 Å². The fraction of sp³-hybridized carbons (Fsp3) is 0.533. The summed E-state index contributed by atoms with van der Waals surface area (Å²) >= 11 is 0. The van der Waals surface area contributed by atoms with Gasteiger partial charge in [-0.05, 0) is 18.1 Å².